The molecular weight excluding hydrogens is 322 g/mol. The highest BCUT2D eigenvalue weighted by Crippen LogP contribution is 2.29. The molecular formula is C21H29N5. The zero-order valence-corrected chi connectivity index (χ0v) is 15.5. The fourth-order valence-electron chi connectivity index (χ4n) is 4.14. The summed E-state index contributed by atoms with van der Waals surface area (Å²) < 4.78 is 0. The van der Waals surface area contributed by atoms with Crippen LogP contribution in [-0.2, 0) is 0 Å². The summed E-state index contributed by atoms with van der Waals surface area (Å²) in [4.78, 5) is 14.0. The lowest BCUT2D eigenvalue weighted by molar-refractivity contribution is 0.459. The minimum absolute atomic E-state index is 0.503. The summed E-state index contributed by atoms with van der Waals surface area (Å²) in [6.45, 7) is 0. The van der Waals surface area contributed by atoms with Crippen molar-refractivity contribution in [2.24, 2.45) is 0 Å². The first-order valence-corrected chi connectivity index (χ1v) is 10.2. The number of hydrogen-bond donors (Lipinski definition) is 2. The Labute approximate surface area is 156 Å². The van der Waals surface area contributed by atoms with Gasteiger partial charge in [0.2, 0.25) is 5.95 Å². The molecule has 2 fully saturated rings. The van der Waals surface area contributed by atoms with Gasteiger partial charge in [-0.2, -0.15) is 4.98 Å². The van der Waals surface area contributed by atoms with Gasteiger partial charge in [-0.15, -0.1) is 0 Å². The molecule has 2 aliphatic carbocycles. The van der Waals surface area contributed by atoms with Crippen LogP contribution in [0.25, 0.3) is 11.3 Å². The number of anilines is 2. The molecule has 138 valence electrons. The van der Waals surface area contributed by atoms with Crippen molar-refractivity contribution in [3.8, 4) is 11.3 Å². The molecule has 2 heterocycles. The van der Waals surface area contributed by atoms with Gasteiger partial charge < -0.3 is 10.6 Å². The van der Waals surface area contributed by atoms with E-state index in [1.54, 1.807) is 0 Å². The number of rotatable bonds is 5. The summed E-state index contributed by atoms with van der Waals surface area (Å²) in [6.07, 6.45) is 16.5. The Hall–Kier alpha value is -2.17. The summed E-state index contributed by atoms with van der Waals surface area (Å²) in [5, 5.41) is 7.25. The lowest BCUT2D eigenvalue weighted by atomic mass is 9.95. The second-order valence-corrected chi connectivity index (χ2v) is 7.63. The summed E-state index contributed by atoms with van der Waals surface area (Å²) >= 11 is 0. The second-order valence-electron chi connectivity index (χ2n) is 7.63. The van der Waals surface area contributed by atoms with Crippen LogP contribution in [0, 0.1) is 0 Å². The summed E-state index contributed by atoms with van der Waals surface area (Å²) in [5.74, 6) is 1.67. The maximum atomic E-state index is 4.86. The lowest BCUT2D eigenvalue weighted by Gasteiger charge is -2.26. The third-order valence-electron chi connectivity index (χ3n) is 5.61. The van der Waals surface area contributed by atoms with Gasteiger partial charge in [-0.3, -0.25) is 4.98 Å². The average molecular weight is 351 g/mol. The van der Waals surface area contributed by atoms with Gasteiger partial charge in [0.1, 0.15) is 5.82 Å². The number of nitrogens with one attached hydrogen (secondary N) is 2. The zero-order valence-electron chi connectivity index (χ0n) is 15.5. The number of nitrogens with zero attached hydrogens (tertiary/aromatic N) is 3. The fraction of sp³-hybridized carbons (Fsp3) is 0.571. The molecule has 0 unspecified atom stereocenters. The van der Waals surface area contributed by atoms with E-state index in [2.05, 4.69) is 20.6 Å². The van der Waals surface area contributed by atoms with E-state index in [1.807, 2.05) is 30.6 Å². The van der Waals surface area contributed by atoms with Crippen LogP contribution in [0.15, 0.2) is 30.6 Å². The third kappa shape index (κ3) is 4.32. The first-order chi connectivity index (χ1) is 12.9. The van der Waals surface area contributed by atoms with Crippen molar-refractivity contribution < 1.29 is 0 Å². The van der Waals surface area contributed by atoms with Crippen LogP contribution in [0.3, 0.4) is 0 Å². The van der Waals surface area contributed by atoms with Gasteiger partial charge >= 0.3 is 0 Å². The molecule has 0 aliphatic heterocycles. The maximum Gasteiger partial charge on any atom is 0.224 e. The third-order valence-corrected chi connectivity index (χ3v) is 5.61. The molecule has 0 atom stereocenters. The highest BCUT2D eigenvalue weighted by molar-refractivity contribution is 5.72. The highest BCUT2D eigenvalue weighted by Gasteiger charge is 2.19. The van der Waals surface area contributed by atoms with Crippen molar-refractivity contribution in [1.82, 2.24) is 15.0 Å². The molecule has 26 heavy (non-hydrogen) atoms. The standard InChI is InChI=1S/C21H29N5/c1-3-9-16(10-4-1)24-20-18(19-13-7-8-14-22-19)15-23-21(26-20)25-17-11-5-2-6-12-17/h7-8,13-17H,1-6,9-12H2,(H2,23,24,25,26). The summed E-state index contributed by atoms with van der Waals surface area (Å²) in [5.41, 5.74) is 1.92. The van der Waals surface area contributed by atoms with E-state index in [0.717, 1.165) is 23.0 Å². The van der Waals surface area contributed by atoms with Crippen LogP contribution in [0.5, 0.6) is 0 Å². The molecule has 2 aromatic rings. The predicted molar refractivity (Wildman–Crippen MR) is 106 cm³/mol. The quantitative estimate of drug-likeness (QED) is 0.791. The first kappa shape index (κ1) is 17.3. The first-order valence-electron chi connectivity index (χ1n) is 10.2. The molecule has 4 rings (SSSR count). The molecule has 0 saturated heterocycles. The second kappa shape index (κ2) is 8.47. The van der Waals surface area contributed by atoms with E-state index >= 15 is 0 Å². The molecule has 5 nitrogen and oxygen atoms in total. The van der Waals surface area contributed by atoms with Gasteiger partial charge in [0.05, 0.1) is 11.3 Å². The molecule has 2 aromatic heterocycles. The smallest absolute Gasteiger partial charge is 0.224 e. The van der Waals surface area contributed by atoms with E-state index in [9.17, 15) is 0 Å². The summed E-state index contributed by atoms with van der Waals surface area (Å²) in [7, 11) is 0. The number of aromatic nitrogens is 3. The zero-order chi connectivity index (χ0) is 17.6. The normalized spacial score (nSPS) is 19.2. The van der Waals surface area contributed by atoms with Gasteiger partial charge in [-0.25, -0.2) is 4.98 Å². The van der Waals surface area contributed by atoms with E-state index in [0.29, 0.717) is 12.1 Å². The van der Waals surface area contributed by atoms with Gasteiger partial charge in [0.15, 0.2) is 0 Å². The Morgan fingerprint density at radius 2 is 1.46 bits per heavy atom. The monoisotopic (exact) mass is 351 g/mol. The molecule has 0 bridgehead atoms. The van der Waals surface area contributed by atoms with E-state index in [4.69, 9.17) is 4.98 Å². The van der Waals surface area contributed by atoms with Crippen LogP contribution in [0.1, 0.15) is 64.2 Å². The van der Waals surface area contributed by atoms with Crippen LogP contribution in [-0.4, -0.2) is 27.0 Å². The minimum atomic E-state index is 0.503. The average Bonchev–Trinajstić information content (AvgIpc) is 2.70. The maximum absolute atomic E-state index is 4.86. The molecule has 2 N–H and O–H groups in total. The molecule has 5 heteroatoms. The van der Waals surface area contributed by atoms with Crippen LogP contribution >= 0.6 is 0 Å². The van der Waals surface area contributed by atoms with Gasteiger partial charge in [0.25, 0.3) is 0 Å². The Morgan fingerprint density at radius 1 is 0.769 bits per heavy atom. The lowest BCUT2D eigenvalue weighted by Crippen LogP contribution is -2.25. The van der Waals surface area contributed by atoms with Crippen molar-refractivity contribution in [1.29, 1.82) is 0 Å². The Morgan fingerprint density at radius 3 is 2.12 bits per heavy atom. The highest BCUT2D eigenvalue weighted by atomic mass is 15.2. The van der Waals surface area contributed by atoms with Crippen LogP contribution < -0.4 is 10.6 Å². The SMILES string of the molecule is c1ccc(-c2cnc(NC3CCCCC3)nc2NC2CCCCC2)nc1. The number of hydrogen-bond acceptors (Lipinski definition) is 5. The molecule has 2 saturated carbocycles. The van der Waals surface area contributed by atoms with Gasteiger partial charge in [0, 0.05) is 24.5 Å². The topological polar surface area (TPSA) is 62.7 Å². The fourth-order valence-corrected chi connectivity index (χ4v) is 4.14. The molecule has 0 radical (unpaired) electrons. The van der Waals surface area contributed by atoms with Gasteiger partial charge in [-0.1, -0.05) is 44.6 Å². The predicted octanol–water partition coefficient (Wildman–Crippen LogP) is 5.03. The van der Waals surface area contributed by atoms with E-state index in [-0.39, 0.29) is 0 Å². The molecule has 0 spiro atoms. The largest absolute Gasteiger partial charge is 0.367 e. The van der Waals surface area contributed by atoms with Crippen molar-refractivity contribution in [3.63, 3.8) is 0 Å². The summed E-state index contributed by atoms with van der Waals surface area (Å²) in [6, 6.07) is 6.99. The Bertz CT molecular complexity index is 691. The minimum Gasteiger partial charge on any atom is -0.367 e. The number of pyridine rings is 1. The molecule has 0 amide bonds. The van der Waals surface area contributed by atoms with Crippen molar-refractivity contribution in [3.05, 3.63) is 30.6 Å². The Kier molecular flexibility index (Phi) is 5.62. The van der Waals surface area contributed by atoms with Crippen molar-refractivity contribution in [2.45, 2.75) is 76.3 Å². The Balaban J connectivity index is 1.58. The van der Waals surface area contributed by atoms with Crippen LogP contribution in [0.2, 0.25) is 0 Å². The van der Waals surface area contributed by atoms with Crippen molar-refractivity contribution >= 4 is 11.8 Å². The van der Waals surface area contributed by atoms with Gasteiger partial charge in [-0.05, 0) is 37.8 Å². The van der Waals surface area contributed by atoms with Crippen molar-refractivity contribution in [2.75, 3.05) is 10.6 Å². The van der Waals surface area contributed by atoms with E-state index in [1.165, 1.54) is 64.2 Å². The molecule has 2 aliphatic rings. The van der Waals surface area contributed by atoms with Crippen LogP contribution in [0.4, 0.5) is 11.8 Å². The molecule has 0 aromatic carbocycles. The van der Waals surface area contributed by atoms with E-state index < -0.39 is 0 Å².